The average molecular weight is 227 g/mol. The minimum Gasteiger partial charge on any atom is -0.478 e. The number of anilines is 1. The molecule has 0 aliphatic rings. The normalized spacial score (nSPS) is 10.1. The Morgan fingerprint density at radius 2 is 1.71 bits per heavy atom. The van der Waals surface area contributed by atoms with Crippen LogP contribution in [0.15, 0.2) is 48.5 Å². The minimum absolute atomic E-state index is 0.301. The molecule has 0 bridgehead atoms. The van der Waals surface area contributed by atoms with E-state index in [4.69, 9.17) is 10.8 Å². The summed E-state index contributed by atoms with van der Waals surface area (Å²) < 4.78 is 0. The molecule has 0 heterocycles. The first kappa shape index (κ1) is 11.2. The standard InChI is InChI=1S/C14H13NO2/c15-13-4-2-1-3-12(13)9-10-5-7-11(8-6-10)14(16)17/h1-8H,9,15H2,(H,16,17). The van der Waals surface area contributed by atoms with E-state index in [1.807, 2.05) is 36.4 Å². The van der Waals surface area contributed by atoms with Crippen LogP contribution in [0.4, 0.5) is 5.69 Å². The van der Waals surface area contributed by atoms with Gasteiger partial charge < -0.3 is 10.8 Å². The van der Waals surface area contributed by atoms with Crippen LogP contribution in [0, 0.1) is 0 Å². The van der Waals surface area contributed by atoms with E-state index in [-0.39, 0.29) is 0 Å². The molecular weight excluding hydrogens is 214 g/mol. The fourth-order valence-electron chi connectivity index (χ4n) is 1.68. The van der Waals surface area contributed by atoms with Gasteiger partial charge in [-0.05, 0) is 35.7 Å². The van der Waals surface area contributed by atoms with Crippen LogP contribution in [0.1, 0.15) is 21.5 Å². The maximum absolute atomic E-state index is 10.7. The smallest absolute Gasteiger partial charge is 0.335 e. The third-order valence-corrected chi connectivity index (χ3v) is 2.65. The Morgan fingerprint density at radius 1 is 1.06 bits per heavy atom. The van der Waals surface area contributed by atoms with Gasteiger partial charge in [0.1, 0.15) is 0 Å². The number of benzene rings is 2. The molecule has 86 valence electrons. The van der Waals surface area contributed by atoms with Crippen molar-refractivity contribution < 1.29 is 9.90 Å². The fraction of sp³-hybridized carbons (Fsp3) is 0.0714. The maximum Gasteiger partial charge on any atom is 0.335 e. The lowest BCUT2D eigenvalue weighted by Gasteiger charge is -2.05. The number of rotatable bonds is 3. The molecule has 2 rings (SSSR count). The van der Waals surface area contributed by atoms with Crippen LogP contribution in [0.5, 0.6) is 0 Å². The number of aromatic carboxylic acids is 1. The molecule has 0 radical (unpaired) electrons. The predicted molar refractivity (Wildman–Crippen MR) is 67.1 cm³/mol. The molecular formula is C14H13NO2. The van der Waals surface area contributed by atoms with Gasteiger partial charge in [-0.15, -0.1) is 0 Å². The lowest BCUT2D eigenvalue weighted by atomic mass is 10.0. The monoisotopic (exact) mass is 227 g/mol. The molecule has 0 spiro atoms. The molecule has 0 atom stereocenters. The van der Waals surface area contributed by atoms with Crippen molar-refractivity contribution in [3.05, 3.63) is 65.2 Å². The Labute approximate surface area is 99.5 Å². The molecule has 2 aromatic carbocycles. The second kappa shape index (κ2) is 4.70. The Kier molecular flexibility index (Phi) is 3.10. The number of carbonyl (C=O) groups is 1. The van der Waals surface area contributed by atoms with E-state index in [1.165, 1.54) is 0 Å². The van der Waals surface area contributed by atoms with Gasteiger partial charge in [-0.1, -0.05) is 30.3 Å². The zero-order valence-electron chi connectivity index (χ0n) is 9.26. The van der Waals surface area contributed by atoms with Crippen LogP contribution in [-0.2, 0) is 6.42 Å². The summed E-state index contributed by atoms with van der Waals surface area (Å²) in [5.74, 6) is -0.907. The van der Waals surface area contributed by atoms with Gasteiger partial charge in [-0.3, -0.25) is 0 Å². The van der Waals surface area contributed by atoms with E-state index in [0.29, 0.717) is 12.0 Å². The first-order valence-corrected chi connectivity index (χ1v) is 5.32. The first-order chi connectivity index (χ1) is 8.16. The molecule has 3 heteroatoms. The summed E-state index contributed by atoms with van der Waals surface area (Å²) in [4.78, 5) is 10.7. The van der Waals surface area contributed by atoms with E-state index in [0.717, 1.165) is 16.8 Å². The number of hydrogen-bond acceptors (Lipinski definition) is 2. The van der Waals surface area contributed by atoms with Crippen molar-refractivity contribution in [3.63, 3.8) is 0 Å². The number of carboxylic acids is 1. The summed E-state index contributed by atoms with van der Waals surface area (Å²) in [5, 5.41) is 8.79. The van der Waals surface area contributed by atoms with Crippen molar-refractivity contribution in [1.82, 2.24) is 0 Å². The molecule has 3 nitrogen and oxygen atoms in total. The van der Waals surface area contributed by atoms with Crippen LogP contribution in [-0.4, -0.2) is 11.1 Å². The fourth-order valence-corrected chi connectivity index (χ4v) is 1.68. The van der Waals surface area contributed by atoms with Gasteiger partial charge in [0.25, 0.3) is 0 Å². The highest BCUT2D eigenvalue weighted by molar-refractivity contribution is 5.87. The second-order valence-electron chi connectivity index (χ2n) is 3.88. The predicted octanol–water partition coefficient (Wildman–Crippen LogP) is 2.56. The number of nitrogens with two attached hydrogens (primary N) is 1. The zero-order valence-corrected chi connectivity index (χ0v) is 9.26. The zero-order chi connectivity index (χ0) is 12.3. The molecule has 0 aromatic heterocycles. The third-order valence-electron chi connectivity index (χ3n) is 2.65. The topological polar surface area (TPSA) is 63.3 Å². The van der Waals surface area contributed by atoms with Crippen LogP contribution in [0.3, 0.4) is 0 Å². The van der Waals surface area contributed by atoms with Crippen molar-refractivity contribution in [2.45, 2.75) is 6.42 Å². The van der Waals surface area contributed by atoms with Crippen LogP contribution < -0.4 is 5.73 Å². The quantitative estimate of drug-likeness (QED) is 0.792. The molecule has 0 aliphatic carbocycles. The molecule has 0 fully saturated rings. The van der Waals surface area contributed by atoms with Crippen molar-refractivity contribution in [2.75, 3.05) is 5.73 Å². The van der Waals surface area contributed by atoms with E-state index >= 15 is 0 Å². The molecule has 0 unspecified atom stereocenters. The largest absolute Gasteiger partial charge is 0.478 e. The highest BCUT2D eigenvalue weighted by Gasteiger charge is 2.03. The van der Waals surface area contributed by atoms with Gasteiger partial charge >= 0.3 is 5.97 Å². The molecule has 3 N–H and O–H groups in total. The lowest BCUT2D eigenvalue weighted by Crippen LogP contribution is -1.98. The number of nitrogen functional groups attached to an aromatic ring is 1. The first-order valence-electron chi connectivity index (χ1n) is 5.32. The molecule has 0 saturated heterocycles. The van der Waals surface area contributed by atoms with Crippen molar-refractivity contribution >= 4 is 11.7 Å². The van der Waals surface area contributed by atoms with Gasteiger partial charge in [0.15, 0.2) is 0 Å². The second-order valence-corrected chi connectivity index (χ2v) is 3.88. The van der Waals surface area contributed by atoms with Gasteiger partial charge in [0, 0.05) is 5.69 Å². The van der Waals surface area contributed by atoms with Gasteiger partial charge in [-0.2, -0.15) is 0 Å². The number of hydrogen-bond donors (Lipinski definition) is 2. The molecule has 2 aromatic rings. The lowest BCUT2D eigenvalue weighted by molar-refractivity contribution is 0.0697. The van der Waals surface area contributed by atoms with Crippen LogP contribution in [0.2, 0.25) is 0 Å². The third kappa shape index (κ3) is 2.64. The van der Waals surface area contributed by atoms with Gasteiger partial charge in [0.2, 0.25) is 0 Å². The van der Waals surface area contributed by atoms with Crippen molar-refractivity contribution in [1.29, 1.82) is 0 Å². The van der Waals surface area contributed by atoms with Crippen molar-refractivity contribution in [3.8, 4) is 0 Å². The summed E-state index contributed by atoms with van der Waals surface area (Å²) in [6, 6.07) is 14.5. The molecule has 17 heavy (non-hydrogen) atoms. The summed E-state index contributed by atoms with van der Waals surface area (Å²) >= 11 is 0. The summed E-state index contributed by atoms with van der Waals surface area (Å²) in [5.41, 5.74) is 9.01. The highest BCUT2D eigenvalue weighted by atomic mass is 16.4. The Hall–Kier alpha value is -2.29. The Balaban J connectivity index is 2.20. The SMILES string of the molecule is Nc1ccccc1Cc1ccc(C(=O)O)cc1. The van der Waals surface area contributed by atoms with Crippen molar-refractivity contribution in [2.24, 2.45) is 0 Å². The van der Waals surface area contributed by atoms with Gasteiger partial charge in [0.05, 0.1) is 5.56 Å². The Morgan fingerprint density at radius 3 is 2.29 bits per heavy atom. The molecule has 0 aliphatic heterocycles. The summed E-state index contributed by atoms with van der Waals surface area (Å²) in [6.07, 6.45) is 0.715. The maximum atomic E-state index is 10.7. The van der Waals surface area contributed by atoms with E-state index < -0.39 is 5.97 Å². The molecule has 0 saturated carbocycles. The average Bonchev–Trinajstić information content (AvgIpc) is 2.33. The number of para-hydroxylation sites is 1. The van der Waals surface area contributed by atoms with Gasteiger partial charge in [-0.25, -0.2) is 4.79 Å². The van der Waals surface area contributed by atoms with E-state index in [2.05, 4.69) is 0 Å². The number of carboxylic acid groups (broad SMARTS) is 1. The van der Waals surface area contributed by atoms with E-state index in [1.54, 1.807) is 12.1 Å². The van der Waals surface area contributed by atoms with Crippen LogP contribution >= 0.6 is 0 Å². The van der Waals surface area contributed by atoms with E-state index in [9.17, 15) is 4.79 Å². The summed E-state index contributed by atoms with van der Waals surface area (Å²) in [6.45, 7) is 0. The molecule has 0 amide bonds. The summed E-state index contributed by atoms with van der Waals surface area (Å²) in [7, 11) is 0. The van der Waals surface area contributed by atoms with Crippen LogP contribution in [0.25, 0.3) is 0 Å². The Bertz CT molecular complexity index is 532. The minimum atomic E-state index is -0.907. The highest BCUT2D eigenvalue weighted by Crippen LogP contribution is 2.16.